The van der Waals surface area contributed by atoms with Crippen LogP contribution in [0.25, 0.3) is 0 Å². The van der Waals surface area contributed by atoms with E-state index in [1.54, 1.807) is 12.1 Å². The van der Waals surface area contributed by atoms with Crippen LogP contribution in [0.4, 0.5) is 8.78 Å². The summed E-state index contributed by atoms with van der Waals surface area (Å²) in [4.78, 5) is 17.9. The van der Waals surface area contributed by atoms with Gasteiger partial charge in [-0.25, -0.2) is 13.8 Å². The van der Waals surface area contributed by atoms with Gasteiger partial charge >= 0.3 is 0 Å². The summed E-state index contributed by atoms with van der Waals surface area (Å²) in [7, 11) is 0. The number of nitrogens with zero attached hydrogens (tertiary/aromatic N) is 2. The van der Waals surface area contributed by atoms with Gasteiger partial charge in [0.15, 0.2) is 11.6 Å². The quantitative estimate of drug-likeness (QED) is 0.703. The fourth-order valence-electron chi connectivity index (χ4n) is 3.36. The van der Waals surface area contributed by atoms with Gasteiger partial charge in [0.05, 0.1) is 6.20 Å². The Balaban J connectivity index is 1.38. The standard InChI is InChI=1S/C19H22F2N2O2/c20-16-5-2-4-15(18(16)21)13-23-10-7-14(8-11-23)3-1-6-17(24)19-22-9-12-25-19/h2,4-5,9,12,14H,1,3,6-8,10-11,13H2. The highest BCUT2D eigenvalue weighted by Crippen LogP contribution is 2.25. The van der Waals surface area contributed by atoms with Crippen LogP contribution in [0.2, 0.25) is 0 Å². The molecule has 3 rings (SSSR count). The van der Waals surface area contributed by atoms with Crippen LogP contribution in [0, 0.1) is 17.6 Å². The number of oxazole rings is 1. The maximum Gasteiger partial charge on any atom is 0.263 e. The van der Waals surface area contributed by atoms with Gasteiger partial charge in [-0.3, -0.25) is 9.69 Å². The lowest BCUT2D eigenvalue weighted by Gasteiger charge is -2.32. The predicted molar refractivity (Wildman–Crippen MR) is 89.0 cm³/mol. The molecule has 6 heteroatoms. The van der Waals surface area contributed by atoms with Crippen molar-refractivity contribution >= 4 is 5.78 Å². The Kier molecular flexibility index (Phi) is 5.91. The average molecular weight is 348 g/mol. The summed E-state index contributed by atoms with van der Waals surface area (Å²) in [6.45, 7) is 2.18. The fourth-order valence-corrected chi connectivity index (χ4v) is 3.36. The fraction of sp³-hybridized carbons (Fsp3) is 0.474. The highest BCUT2D eigenvalue weighted by Gasteiger charge is 2.21. The first-order chi connectivity index (χ1) is 12.1. The molecule has 0 radical (unpaired) electrons. The highest BCUT2D eigenvalue weighted by molar-refractivity contribution is 5.91. The molecule has 1 aromatic heterocycles. The van der Waals surface area contributed by atoms with E-state index in [2.05, 4.69) is 9.88 Å². The second kappa shape index (κ2) is 8.34. The third-order valence-electron chi connectivity index (χ3n) is 4.82. The van der Waals surface area contributed by atoms with Crippen LogP contribution in [0.5, 0.6) is 0 Å². The van der Waals surface area contributed by atoms with Crippen LogP contribution in [0.1, 0.15) is 48.4 Å². The van der Waals surface area contributed by atoms with E-state index in [1.165, 1.54) is 12.5 Å². The molecule has 0 atom stereocenters. The molecule has 0 bridgehead atoms. The zero-order valence-corrected chi connectivity index (χ0v) is 14.1. The summed E-state index contributed by atoms with van der Waals surface area (Å²) in [6.07, 6.45) is 7.19. The van der Waals surface area contributed by atoms with Crippen LogP contribution in [-0.4, -0.2) is 28.8 Å². The van der Waals surface area contributed by atoms with Crippen LogP contribution in [0.15, 0.2) is 35.1 Å². The molecular formula is C19H22F2N2O2. The number of Topliss-reactive ketones (excluding diaryl/α,β-unsaturated/α-hetero) is 1. The lowest BCUT2D eigenvalue weighted by atomic mass is 9.91. The Bertz CT molecular complexity index is 695. The maximum atomic E-state index is 13.7. The number of hydrogen-bond acceptors (Lipinski definition) is 4. The molecule has 0 aliphatic carbocycles. The van der Waals surface area contributed by atoms with Crippen molar-refractivity contribution in [3.05, 3.63) is 53.7 Å². The summed E-state index contributed by atoms with van der Waals surface area (Å²) in [6, 6.07) is 4.33. The number of hydrogen-bond donors (Lipinski definition) is 0. The highest BCUT2D eigenvalue weighted by atomic mass is 19.2. The molecule has 4 nitrogen and oxygen atoms in total. The normalized spacial score (nSPS) is 16.2. The molecular weight excluding hydrogens is 326 g/mol. The second-order valence-corrected chi connectivity index (χ2v) is 6.59. The molecule has 134 valence electrons. The van der Waals surface area contributed by atoms with Gasteiger partial charge in [-0.1, -0.05) is 12.1 Å². The zero-order chi connectivity index (χ0) is 17.6. The molecule has 2 heterocycles. The van der Waals surface area contributed by atoms with Gasteiger partial charge in [-0.2, -0.15) is 0 Å². The Morgan fingerprint density at radius 2 is 2.08 bits per heavy atom. The molecule has 1 aliphatic rings. The van der Waals surface area contributed by atoms with Gasteiger partial charge in [0.2, 0.25) is 5.78 Å². The molecule has 0 unspecified atom stereocenters. The van der Waals surface area contributed by atoms with E-state index in [4.69, 9.17) is 4.42 Å². The number of carbonyl (C=O) groups is 1. The van der Waals surface area contributed by atoms with Gasteiger partial charge in [0, 0.05) is 18.5 Å². The number of likely N-dealkylation sites (tertiary alicyclic amines) is 1. The maximum absolute atomic E-state index is 13.7. The molecule has 0 spiro atoms. The van der Waals surface area contributed by atoms with E-state index in [0.29, 0.717) is 24.4 Å². The molecule has 1 aromatic carbocycles. The molecule has 0 amide bonds. The van der Waals surface area contributed by atoms with E-state index in [0.717, 1.165) is 44.8 Å². The van der Waals surface area contributed by atoms with Gasteiger partial charge in [-0.05, 0) is 50.8 Å². The molecule has 0 saturated carbocycles. The topological polar surface area (TPSA) is 46.3 Å². The largest absolute Gasteiger partial charge is 0.442 e. The summed E-state index contributed by atoms with van der Waals surface area (Å²) >= 11 is 0. The van der Waals surface area contributed by atoms with Crippen LogP contribution in [-0.2, 0) is 6.54 Å². The average Bonchev–Trinajstić information content (AvgIpc) is 3.15. The monoisotopic (exact) mass is 348 g/mol. The van der Waals surface area contributed by atoms with Crippen LogP contribution in [0.3, 0.4) is 0 Å². The first-order valence-corrected chi connectivity index (χ1v) is 8.71. The first-order valence-electron chi connectivity index (χ1n) is 8.71. The van der Waals surface area contributed by atoms with E-state index in [-0.39, 0.29) is 11.7 Å². The summed E-state index contributed by atoms with van der Waals surface area (Å²) in [5, 5.41) is 0. The summed E-state index contributed by atoms with van der Waals surface area (Å²) in [5.74, 6) is -0.820. The molecule has 0 N–H and O–H groups in total. The Morgan fingerprint density at radius 3 is 2.80 bits per heavy atom. The van der Waals surface area contributed by atoms with Crippen molar-refractivity contribution in [3.8, 4) is 0 Å². The van der Waals surface area contributed by atoms with Crippen molar-refractivity contribution in [3.63, 3.8) is 0 Å². The van der Waals surface area contributed by atoms with E-state index in [9.17, 15) is 13.6 Å². The van der Waals surface area contributed by atoms with Crippen LogP contribution < -0.4 is 0 Å². The minimum atomic E-state index is -0.789. The van der Waals surface area contributed by atoms with Gasteiger partial charge < -0.3 is 4.42 Å². The lowest BCUT2D eigenvalue weighted by Crippen LogP contribution is -2.33. The van der Waals surface area contributed by atoms with Crippen LogP contribution >= 0.6 is 0 Å². The lowest BCUT2D eigenvalue weighted by molar-refractivity contribution is 0.0940. The molecule has 1 aliphatic heterocycles. The van der Waals surface area contributed by atoms with E-state index < -0.39 is 11.6 Å². The second-order valence-electron chi connectivity index (χ2n) is 6.59. The van der Waals surface area contributed by atoms with Gasteiger partial charge in [0.1, 0.15) is 6.26 Å². The Labute approximate surface area is 145 Å². The van der Waals surface area contributed by atoms with Crippen molar-refractivity contribution in [2.75, 3.05) is 13.1 Å². The zero-order valence-electron chi connectivity index (χ0n) is 14.1. The number of rotatable bonds is 7. The summed E-state index contributed by atoms with van der Waals surface area (Å²) in [5.41, 5.74) is 0.412. The Hall–Kier alpha value is -2.08. The van der Waals surface area contributed by atoms with Crippen molar-refractivity contribution in [1.82, 2.24) is 9.88 Å². The van der Waals surface area contributed by atoms with Crippen molar-refractivity contribution in [2.45, 2.75) is 38.6 Å². The molecule has 2 aromatic rings. The van der Waals surface area contributed by atoms with Crippen molar-refractivity contribution < 1.29 is 18.0 Å². The Morgan fingerprint density at radius 1 is 1.28 bits per heavy atom. The van der Waals surface area contributed by atoms with Gasteiger partial charge in [0.25, 0.3) is 5.89 Å². The molecule has 1 fully saturated rings. The van der Waals surface area contributed by atoms with Crippen molar-refractivity contribution in [2.24, 2.45) is 5.92 Å². The number of ketones is 1. The number of piperidine rings is 1. The van der Waals surface area contributed by atoms with Crippen molar-refractivity contribution in [1.29, 1.82) is 0 Å². The number of halogens is 2. The smallest absolute Gasteiger partial charge is 0.263 e. The number of carbonyl (C=O) groups excluding carboxylic acids is 1. The molecule has 25 heavy (non-hydrogen) atoms. The van der Waals surface area contributed by atoms with Gasteiger partial charge in [-0.15, -0.1) is 0 Å². The predicted octanol–water partition coefficient (Wildman–Crippen LogP) is 4.22. The first kappa shape index (κ1) is 17.7. The molecule has 1 saturated heterocycles. The summed E-state index contributed by atoms with van der Waals surface area (Å²) < 4.78 is 32.0. The third-order valence-corrected chi connectivity index (χ3v) is 4.82. The van der Waals surface area contributed by atoms with E-state index >= 15 is 0 Å². The number of aromatic nitrogens is 1. The number of benzene rings is 1. The SMILES string of the molecule is O=C(CCCC1CCN(Cc2cccc(F)c2F)CC1)c1ncco1. The minimum absolute atomic E-state index is 0.0518. The minimum Gasteiger partial charge on any atom is -0.442 e. The van der Waals surface area contributed by atoms with E-state index in [1.807, 2.05) is 0 Å². The third kappa shape index (κ3) is 4.72.